The molecule has 0 amide bonds. The highest BCUT2D eigenvalue weighted by Gasteiger charge is 2.61. The van der Waals surface area contributed by atoms with Crippen molar-refractivity contribution in [3.05, 3.63) is 0 Å². The van der Waals surface area contributed by atoms with Crippen LogP contribution in [-0.2, 0) is 9.53 Å². The number of aliphatic hydroxyl groups excluding tert-OH is 3. The van der Waals surface area contributed by atoms with Crippen molar-refractivity contribution < 1.29 is 30.0 Å². The molecule has 4 N–H and O–H groups in total. The molecule has 1 aliphatic rings. The molecule has 0 aromatic carbocycles. The van der Waals surface area contributed by atoms with Gasteiger partial charge in [-0.15, -0.1) is 0 Å². The Morgan fingerprint density at radius 2 is 1.88 bits per heavy atom. The number of aliphatic hydroxyl groups is 4. The number of hydrogen-bond acceptors (Lipinski definition) is 6. The monoisotopic (exact) mass is 234 g/mol. The van der Waals surface area contributed by atoms with Crippen LogP contribution in [0.25, 0.3) is 0 Å². The first-order chi connectivity index (χ1) is 7.15. The van der Waals surface area contributed by atoms with Crippen LogP contribution in [0.5, 0.6) is 0 Å². The van der Waals surface area contributed by atoms with Crippen LogP contribution < -0.4 is 0 Å². The van der Waals surface area contributed by atoms with E-state index < -0.39 is 41.9 Å². The molecule has 6 heteroatoms. The summed E-state index contributed by atoms with van der Waals surface area (Å²) in [5.41, 5.74) is -3.32. The van der Waals surface area contributed by atoms with Crippen LogP contribution in [0.15, 0.2) is 0 Å². The molecular weight excluding hydrogens is 216 g/mol. The van der Waals surface area contributed by atoms with Crippen molar-refractivity contribution in [1.82, 2.24) is 0 Å². The highest BCUT2D eigenvalue weighted by molar-refractivity contribution is 5.93. The molecule has 4 atom stereocenters. The Morgan fingerprint density at radius 3 is 2.19 bits per heavy atom. The van der Waals surface area contributed by atoms with Crippen molar-refractivity contribution in [2.45, 2.75) is 44.9 Å². The molecular formula is C10H18O6. The molecule has 1 fully saturated rings. The molecule has 0 aromatic rings. The van der Waals surface area contributed by atoms with Gasteiger partial charge in [0.1, 0.15) is 12.2 Å². The van der Waals surface area contributed by atoms with Gasteiger partial charge in [-0.05, 0) is 0 Å². The standard InChI is InChI=1S/C10H18O6/c1-9(2,3)7(13)10(15)6(12)5(4-11)16-8(10)14/h5-6,8,11-12,14-15H,4H2,1-3H3/t5-,6+,8+,10+/m1/s1. The molecule has 0 unspecified atom stereocenters. The zero-order valence-corrected chi connectivity index (χ0v) is 9.54. The summed E-state index contributed by atoms with van der Waals surface area (Å²) in [7, 11) is 0. The van der Waals surface area contributed by atoms with Crippen molar-refractivity contribution in [1.29, 1.82) is 0 Å². The van der Waals surface area contributed by atoms with Crippen LogP contribution in [0.3, 0.4) is 0 Å². The minimum absolute atomic E-state index is 0.585. The Labute approximate surface area is 93.5 Å². The maximum atomic E-state index is 11.9. The van der Waals surface area contributed by atoms with Gasteiger partial charge in [-0.3, -0.25) is 4.79 Å². The second kappa shape index (κ2) is 4.05. The smallest absolute Gasteiger partial charge is 0.203 e. The second-order valence-electron chi connectivity index (χ2n) is 5.06. The summed E-state index contributed by atoms with van der Waals surface area (Å²) in [4.78, 5) is 11.9. The molecule has 0 spiro atoms. The van der Waals surface area contributed by atoms with Crippen molar-refractivity contribution in [3.8, 4) is 0 Å². The van der Waals surface area contributed by atoms with Crippen LogP contribution in [0.2, 0.25) is 0 Å². The zero-order valence-electron chi connectivity index (χ0n) is 9.54. The molecule has 1 aliphatic heterocycles. The SMILES string of the molecule is CC(C)(C)C(=O)[C@]1(O)[C@@H](O)O[C@H](CO)[C@@H]1O. The van der Waals surface area contributed by atoms with Gasteiger partial charge in [0.05, 0.1) is 6.61 Å². The Hall–Kier alpha value is -0.530. The Bertz CT molecular complexity index is 284. The highest BCUT2D eigenvalue weighted by Crippen LogP contribution is 2.36. The van der Waals surface area contributed by atoms with Crippen LogP contribution >= 0.6 is 0 Å². The summed E-state index contributed by atoms with van der Waals surface area (Å²) < 4.78 is 4.74. The van der Waals surface area contributed by atoms with E-state index in [2.05, 4.69) is 0 Å². The Kier molecular flexibility index (Phi) is 3.42. The lowest BCUT2D eigenvalue weighted by molar-refractivity contribution is -0.192. The predicted molar refractivity (Wildman–Crippen MR) is 53.4 cm³/mol. The van der Waals surface area contributed by atoms with Crippen molar-refractivity contribution in [2.24, 2.45) is 5.41 Å². The van der Waals surface area contributed by atoms with E-state index >= 15 is 0 Å². The van der Waals surface area contributed by atoms with Crippen LogP contribution in [0, 0.1) is 5.41 Å². The quantitative estimate of drug-likeness (QED) is 0.458. The van der Waals surface area contributed by atoms with E-state index in [9.17, 15) is 20.1 Å². The van der Waals surface area contributed by atoms with E-state index in [0.29, 0.717) is 0 Å². The largest absolute Gasteiger partial charge is 0.394 e. The van der Waals surface area contributed by atoms with Crippen LogP contribution in [0.4, 0.5) is 0 Å². The summed E-state index contributed by atoms with van der Waals surface area (Å²) in [5.74, 6) is -0.726. The first-order valence-corrected chi connectivity index (χ1v) is 5.05. The summed E-state index contributed by atoms with van der Waals surface area (Å²) >= 11 is 0. The number of ketones is 1. The highest BCUT2D eigenvalue weighted by atomic mass is 16.7. The number of Topliss-reactive ketones (excluding diaryl/α,β-unsaturated/α-hetero) is 1. The van der Waals surface area contributed by atoms with Gasteiger partial charge >= 0.3 is 0 Å². The fourth-order valence-corrected chi connectivity index (χ4v) is 1.76. The normalized spacial score (nSPS) is 40.1. The minimum atomic E-state index is -2.38. The number of carbonyl (C=O) groups is 1. The zero-order chi connectivity index (χ0) is 12.7. The van der Waals surface area contributed by atoms with Gasteiger partial charge in [-0.2, -0.15) is 0 Å². The average Bonchev–Trinajstić information content (AvgIpc) is 2.40. The third-order valence-electron chi connectivity index (χ3n) is 2.71. The van der Waals surface area contributed by atoms with Crippen molar-refractivity contribution in [3.63, 3.8) is 0 Å². The number of hydrogen-bond donors (Lipinski definition) is 4. The van der Waals surface area contributed by atoms with E-state index in [-0.39, 0.29) is 0 Å². The van der Waals surface area contributed by atoms with Gasteiger partial charge in [0.15, 0.2) is 12.1 Å². The van der Waals surface area contributed by atoms with Crippen LogP contribution in [0.1, 0.15) is 20.8 Å². The average molecular weight is 234 g/mol. The van der Waals surface area contributed by atoms with E-state index in [1.54, 1.807) is 20.8 Å². The van der Waals surface area contributed by atoms with Gasteiger partial charge in [0, 0.05) is 5.41 Å². The molecule has 6 nitrogen and oxygen atoms in total. The van der Waals surface area contributed by atoms with Gasteiger partial charge in [0.25, 0.3) is 0 Å². The van der Waals surface area contributed by atoms with Crippen molar-refractivity contribution in [2.75, 3.05) is 6.61 Å². The lowest BCUT2D eigenvalue weighted by atomic mass is 9.77. The topological polar surface area (TPSA) is 107 Å². The third-order valence-corrected chi connectivity index (χ3v) is 2.71. The van der Waals surface area contributed by atoms with E-state index in [1.165, 1.54) is 0 Å². The number of rotatable bonds is 2. The van der Waals surface area contributed by atoms with Gasteiger partial charge < -0.3 is 25.2 Å². The lowest BCUT2D eigenvalue weighted by Crippen LogP contribution is -2.58. The second-order valence-corrected chi connectivity index (χ2v) is 5.06. The Balaban J connectivity index is 3.05. The molecule has 1 saturated heterocycles. The molecule has 16 heavy (non-hydrogen) atoms. The minimum Gasteiger partial charge on any atom is -0.394 e. The van der Waals surface area contributed by atoms with E-state index in [1.807, 2.05) is 0 Å². The molecule has 1 rings (SSSR count). The first kappa shape index (κ1) is 13.5. The molecule has 0 aliphatic carbocycles. The fraction of sp³-hybridized carbons (Fsp3) is 0.900. The van der Waals surface area contributed by atoms with Gasteiger partial charge in [0.2, 0.25) is 5.60 Å². The number of carbonyl (C=O) groups excluding carboxylic acids is 1. The molecule has 0 saturated carbocycles. The number of ether oxygens (including phenoxy) is 1. The maximum absolute atomic E-state index is 11.9. The predicted octanol–water partition coefficient (Wildman–Crippen LogP) is -1.60. The lowest BCUT2D eigenvalue weighted by Gasteiger charge is -2.32. The first-order valence-electron chi connectivity index (χ1n) is 5.05. The third kappa shape index (κ3) is 1.87. The molecule has 94 valence electrons. The summed E-state index contributed by atoms with van der Waals surface area (Å²) in [5, 5.41) is 38.1. The van der Waals surface area contributed by atoms with Gasteiger partial charge in [-0.25, -0.2) is 0 Å². The fourth-order valence-electron chi connectivity index (χ4n) is 1.76. The maximum Gasteiger partial charge on any atom is 0.203 e. The Morgan fingerprint density at radius 1 is 1.38 bits per heavy atom. The van der Waals surface area contributed by atoms with Gasteiger partial charge in [-0.1, -0.05) is 20.8 Å². The molecule has 0 bridgehead atoms. The van der Waals surface area contributed by atoms with E-state index in [0.717, 1.165) is 0 Å². The molecule has 0 radical (unpaired) electrons. The summed E-state index contributed by atoms with van der Waals surface area (Å²) in [6.45, 7) is 4.08. The molecule has 1 heterocycles. The van der Waals surface area contributed by atoms with Crippen LogP contribution in [-0.4, -0.2) is 56.9 Å². The summed E-state index contributed by atoms with van der Waals surface area (Å²) in [6.07, 6.45) is -4.63. The van der Waals surface area contributed by atoms with Crippen molar-refractivity contribution >= 4 is 5.78 Å². The summed E-state index contributed by atoms with van der Waals surface area (Å²) in [6, 6.07) is 0. The van der Waals surface area contributed by atoms with E-state index in [4.69, 9.17) is 9.84 Å². The molecule has 0 aromatic heterocycles.